The third-order valence-electron chi connectivity index (χ3n) is 3.86. The van der Waals surface area contributed by atoms with Crippen LogP contribution in [-0.2, 0) is 14.4 Å². The summed E-state index contributed by atoms with van der Waals surface area (Å²) >= 11 is 0. The highest BCUT2D eigenvalue weighted by molar-refractivity contribution is 5.80. The molecule has 0 aromatic carbocycles. The van der Waals surface area contributed by atoms with Crippen LogP contribution in [0.25, 0.3) is 0 Å². The van der Waals surface area contributed by atoms with Gasteiger partial charge in [0.15, 0.2) is 0 Å². The van der Waals surface area contributed by atoms with Crippen molar-refractivity contribution < 1.29 is 19.5 Å². The Kier molecular flexibility index (Phi) is 8.31. The van der Waals surface area contributed by atoms with Gasteiger partial charge in [0.1, 0.15) is 0 Å². The summed E-state index contributed by atoms with van der Waals surface area (Å²) in [6.07, 6.45) is 0.803. The predicted octanol–water partition coefficient (Wildman–Crippen LogP) is -0.158. The van der Waals surface area contributed by atoms with Crippen molar-refractivity contribution in [1.82, 2.24) is 20.0 Å². The molecule has 1 aliphatic heterocycles. The maximum Gasteiger partial charge on any atom is 0.317 e. The second kappa shape index (κ2) is 9.72. The Morgan fingerprint density at radius 3 is 2.16 bits per heavy atom. The highest BCUT2D eigenvalue weighted by Crippen LogP contribution is 2.05. The number of nitrogens with zero attached hydrogens (tertiary/aromatic N) is 3. The van der Waals surface area contributed by atoms with Crippen LogP contribution in [0.1, 0.15) is 34.1 Å². The number of hydrogen-bond donors (Lipinski definition) is 2. The van der Waals surface area contributed by atoms with Crippen molar-refractivity contribution >= 4 is 17.8 Å². The number of carboxylic acid groups (broad SMARTS) is 1. The molecular formula is C17H32N4O4. The Bertz CT molecular complexity index is 468. The number of aliphatic carboxylic acids is 1. The van der Waals surface area contributed by atoms with Crippen LogP contribution in [0, 0.1) is 0 Å². The van der Waals surface area contributed by atoms with Gasteiger partial charge in [0.05, 0.1) is 19.6 Å². The minimum atomic E-state index is -0.920. The molecular weight excluding hydrogens is 324 g/mol. The lowest BCUT2D eigenvalue weighted by Crippen LogP contribution is -2.54. The second-order valence-electron chi connectivity index (χ2n) is 7.56. The molecule has 0 radical (unpaired) electrons. The van der Waals surface area contributed by atoms with Crippen LogP contribution in [-0.4, -0.2) is 95.5 Å². The minimum absolute atomic E-state index is 0.0112. The van der Waals surface area contributed by atoms with Gasteiger partial charge in [-0.15, -0.1) is 0 Å². The monoisotopic (exact) mass is 356 g/mol. The van der Waals surface area contributed by atoms with Crippen molar-refractivity contribution in [2.24, 2.45) is 0 Å². The summed E-state index contributed by atoms with van der Waals surface area (Å²) in [7, 11) is 0. The molecule has 1 saturated heterocycles. The molecule has 8 nitrogen and oxygen atoms in total. The van der Waals surface area contributed by atoms with Gasteiger partial charge >= 0.3 is 5.97 Å². The van der Waals surface area contributed by atoms with E-state index in [0.29, 0.717) is 39.3 Å². The van der Waals surface area contributed by atoms with Crippen LogP contribution in [0.2, 0.25) is 0 Å². The number of rotatable bonds is 8. The molecule has 1 aliphatic rings. The quantitative estimate of drug-likeness (QED) is 0.628. The molecule has 1 fully saturated rings. The van der Waals surface area contributed by atoms with Gasteiger partial charge in [-0.2, -0.15) is 0 Å². The molecule has 0 saturated carbocycles. The van der Waals surface area contributed by atoms with E-state index in [9.17, 15) is 14.4 Å². The van der Waals surface area contributed by atoms with E-state index in [1.165, 1.54) is 0 Å². The van der Waals surface area contributed by atoms with Crippen LogP contribution in [0.5, 0.6) is 0 Å². The highest BCUT2D eigenvalue weighted by Gasteiger charge is 2.25. The van der Waals surface area contributed by atoms with Crippen molar-refractivity contribution in [2.45, 2.75) is 39.7 Å². The van der Waals surface area contributed by atoms with E-state index in [2.05, 4.69) is 5.32 Å². The second-order valence-corrected chi connectivity index (χ2v) is 7.56. The molecule has 2 amide bonds. The van der Waals surface area contributed by atoms with E-state index >= 15 is 0 Å². The third kappa shape index (κ3) is 8.83. The fraction of sp³-hybridized carbons (Fsp3) is 0.824. The maximum atomic E-state index is 12.4. The van der Waals surface area contributed by atoms with Crippen molar-refractivity contribution in [3.8, 4) is 0 Å². The lowest BCUT2D eigenvalue weighted by atomic mass is 10.1. The molecule has 8 heteroatoms. The number of carbonyl (C=O) groups excluding carboxylic acids is 2. The van der Waals surface area contributed by atoms with Crippen molar-refractivity contribution in [3.63, 3.8) is 0 Å². The number of amides is 2. The normalized spacial score (nSPS) is 16.1. The zero-order chi connectivity index (χ0) is 19.0. The van der Waals surface area contributed by atoms with E-state index in [4.69, 9.17) is 5.11 Å². The van der Waals surface area contributed by atoms with Crippen LogP contribution >= 0.6 is 0 Å². The van der Waals surface area contributed by atoms with Crippen molar-refractivity contribution in [3.05, 3.63) is 0 Å². The lowest BCUT2D eigenvalue weighted by molar-refractivity contribution is -0.140. The molecule has 1 heterocycles. The van der Waals surface area contributed by atoms with Crippen LogP contribution in [0.3, 0.4) is 0 Å². The summed E-state index contributed by atoms with van der Waals surface area (Å²) in [5.41, 5.74) is -0.248. The first-order valence-corrected chi connectivity index (χ1v) is 8.86. The number of piperazine rings is 1. The molecule has 25 heavy (non-hydrogen) atoms. The Balaban J connectivity index is 2.40. The van der Waals surface area contributed by atoms with Crippen LogP contribution < -0.4 is 5.32 Å². The number of hydrogen-bond acceptors (Lipinski definition) is 5. The molecule has 2 N–H and O–H groups in total. The van der Waals surface area contributed by atoms with Gasteiger partial charge in [-0.25, -0.2) is 0 Å². The molecule has 0 bridgehead atoms. The van der Waals surface area contributed by atoms with Gasteiger partial charge in [-0.05, 0) is 33.7 Å². The topological polar surface area (TPSA) is 93.2 Å². The van der Waals surface area contributed by atoms with Gasteiger partial charge in [0.25, 0.3) is 0 Å². The Labute approximate surface area is 150 Å². The van der Waals surface area contributed by atoms with Crippen molar-refractivity contribution in [2.75, 3.05) is 52.4 Å². The van der Waals surface area contributed by atoms with Gasteiger partial charge in [-0.3, -0.25) is 24.2 Å². The van der Waals surface area contributed by atoms with Gasteiger partial charge in [-0.1, -0.05) is 6.92 Å². The maximum absolute atomic E-state index is 12.4. The van der Waals surface area contributed by atoms with E-state index in [1.54, 1.807) is 9.80 Å². The fourth-order valence-electron chi connectivity index (χ4n) is 2.83. The molecule has 0 aromatic heterocycles. The Hall–Kier alpha value is -1.67. The molecule has 0 aromatic rings. The standard InChI is InChI=1S/C17H32N4O4/c1-5-6-20(13-16(24)25)12-15(23)21-9-7-19(8-10-21)11-14(22)18-17(2,3)4/h5-13H2,1-4H3,(H,18,22)(H,24,25). The van der Waals surface area contributed by atoms with Crippen LogP contribution in [0.4, 0.5) is 0 Å². The summed E-state index contributed by atoms with van der Waals surface area (Å²) in [6, 6.07) is 0. The minimum Gasteiger partial charge on any atom is -0.480 e. The smallest absolute Gasteiger partial charge is 0.317 e. The van der Waals surface area contributed by atoms with E-state index < -0.39 is 5.97 Å². The molecule has 0 unspecified atom stereocenters. The van der Waals surface area contributed by atoms with E-state index in [1.807, 2.05) is 32.6 Å². The predicted molar refractivity (Wildman–Crippen MR) is 95.3 cm³/mol. The van der Waals surface area contributed by atoms with Crippen molar-refractivity contribution in [1.29, 1.82) is 0 Å². The zero-order valence-electron chi connectivity index (χ0n) is 15.9. The first kappa shape index (κ1) is 21.4. The summed E-state index contributed by atoms with van der Waals surface area (Å²) in [6.45, 7) is 11.2. The lowest BCUT2D eigenvalue weighted by Gasteiger charge is -2.35. The number of carboxylic acids is 1. The van der Waals surface area contributed by atoms with E-state index in [0.717, 1.165) is 6.42 Å². The first-order chi connectivity index (χ1) is 11.6. The average Bonchev–Trinajstić information content (AvgIpc) is 2.45. The van der Waals surface area contributed by atoms with Gasteiger partial charge < -0.3 is 15.3 Å². The van der Waals surface area contributed by atoms with Gasteiger partial charge in [0, 0.05) is 31.7 Å². The summed E-state index contributed by atoms with van der Waals surface area (Å²) in [5, 5.41) is 11.9. The number of nitrogens with one attached hydrogen (secondary N) is 1. The highest BCUT2D eigenvalue weighted by atomic mass is 16.4. The summed E-state index contributed by atoms with van der Waals surface area (Å²) in [5.74, 6) is -0.979. The molecule has 144 valence electrons. The Morgan fingerprint density at radius 2 is 1.68 bits per heavy atom. The van der Waals surface area contributed by atoms with Gasteiger partial charge in [0.2, 0.25) is 11.8 Å². The van der Waals surface area contributed by atoms with Crippen LogP contribution in [0.15, 0.2) is 0 Å². The largest absolute Gasteiger partial charge is 0.480 e. The number of carbonyl (C=O) groups is 3. The SMILES string of the molecule is CCCN(CC(=O)O)CC(=O)N1CCN(CC(=O)NC(C)(C)C)CC1. The van der Waals surface area contributed by atoms with E-state index in [-0.39, 0.29) is 30.4 Å². The Morgan fingerprint density at radius 1 is 1.08 bits per heavy atom. The summed E-state index contributed by atoms with van der Waals surface area (Å²) in [4.78, 5) is 40.7. The first-order valence-electron chi connectivity index (χ1n) is 8.86. The molecule has 0 atom stereocenters. The average molecular weight is 356 g/mol. The fourth-order valence-corrected chi connectivity index (χ4v) is 2.83. The zero-order valence-corrected chi connectivity index (χ0v) is 15.9. The third-order valence-corrected chi connectivity index (χ3v) is 3.86. The molecule has 1 rings (SSSR count). The molecule has 0 aliphatic carbocycles. The molecule has 0 spiro atoms. The summed E-state index contributed by atoms with van der Waals surface area (Å²) < 4.78 is 0.